The van der Waals surface area contributed by atoms with Crippen molar-refractivity contribution in [2.24, 2.45) is 5.92 Å². The number of aromatic nitrogens is 1. The fourth-order valence-corrected chi connectivity index (χ4v) is 3.69. The zero-order valence-electron chi connectivity index (χ0n) is 13.0. The molecule has 5 nitrogen and oxygen atoms in total. The van der Waals surface area contributed by atoms with Gasteiger partial charge in [0.25, 0.3) is 0 Å². The number of rotatable bonds is 4. The van der Waals surface area contributed by atoms with Gasteiger partial charge in [-0.05, 0) is 26.3 Å². The molecule has 22 heavy (non-hydrogen) atoms. The fraction of sp³-hybridized carbons (Fsp3) is 0.625. The molecule has 1 aromatic heterocycles. The highest BCUT2D eigenvalue weighted by molar-refractivity contribution is 7.13. The van der Waals surface area contributed by atoms with Crippen molar-refractivity contribution in [3.8, 4) is 0 Å². The molecule has 1 amide bonds. The van der Waals surface area contributed by atoms with Crippen LogP contribution in [0.5, 0.6) is 0 Å². The summed E-state index contributed by atoms with van der Waals surface area (Å²) in [5, 5.41) is 2.71. The van der Waals surface area contributed by atoms with E-state index >= 15 is 0 Å². The van der Waals surface area contributed by atoms with Crippen LogP contribution in [-0.4, -0.2) is 55.2 Å². The molecule has 1 aliphatic carbocycles. The van der Waals surface area contributed by atoms with Crippen molar-refractivity contribution in [1.29, 1.82) is 0 Å². The Morgan fingerprint density at radius 2 is 2.45 bits per heavy atom. The van der Waals surface area contributed by atoms with Crippen LogP contribution in [-0.2, 0) is 9.53 Å². The molecular formula is C16H23N3O2S. The second-order valence-electron chi connectivity index (χ2n) is 6.00. The Morgan fingerprint density at radius 1 is 1.55 bits per heavy atom. The normalized spacial score (nSPS) is 26.0. The predicted octanol–water partition coefficient (Wildman–Crippen LogP) is 2.16. The summed E-state index contributed by atoms with van der Waals surface area (Å²) in [7, 11) is 2.09. The van der Waals surface area contributed by atoms with E-state index in [1.54, 1.807) is 6.20 Å². The molecule has 0 N–H and O–H groups in total. The molecule has 2 heterocycles. The summed E-state index contributed by atoms with van der Waals surface area (Å²) in [6, 6.07) is 0. The second-order valence-corrected chi connectivity index (χ2v) is 6.87. The van der Waals surface area contributed by atoms with E-state index < -0.39 is 0 Å². The molecule has 0 spiro atoms. The van der Waals surface area contributed by atoms with Crippen molar-refractivity contribution < 1.29 is 9.53 Å². The van der Waals surface area contributed by atoms with Gasteiger partial charge in [0, 0.05) is 30.6 Å². The largest absolute Gasteiger partial charge is 0.374 e. The minimum atomic E-state index is 0.0609. The van der Waals surface area contributed by atoms with Crippen molar-refractivity contribution in [2.75, 3.05) is 38.2 Å². The van der Waals surface area contributed by atoms with E-state index in [0.717, 1.165) is 44.1 Å². The van der Waals surface area contributed by atoms with Crippen molar-refractivity contribution in [3.63, 3.8) is 0 Å². The van der Waals surface area contributed by atoms with E-state index in [2.05, 4.69) is 29.1 Å². The number of anilines is 1. The standard InChI is InChI=1S/C16H23N3O2S/c1-18-8-9-21-14(11-18)12-19(16-17-7-10-22-16)15(20)13-5-3-2-4-6-13/h2-3,7,10,13-14H,4-6,8-9,11-12H2,1H3/t13-,14+/m0/s1. The molecule has 1 aromatic rings. The van der Waals surface area contributed by atoms with Crippen molar-refractivity contribution in [3.05, 3.63) is 23.7 Å². The molecular weight excluding hydrogens is 298 g/mol. The van der Waals surface area contributed by atoms with Crippen LogP contribution >= 0.6 is 11.3 Å². The molecule has 0 unspecified atom stereocenters. The number of nitrogens with zero attached hydrogens (tertiary/aromatic N) is 3. The van der Waals surface area contributed by atoms with Gasteiger partial charge in [-0.2, -0.15) is 0 Å². The van der Waals surface area contributed by atoms with E-state index in [0.29, 0.717) is 6.54 Å². The Morgan fingerprint density at radius 3 is 3.14 bits per heavy atom. The average Bonchev–Trinajstić information content (AvgIpc) is 3.07. The Hall–Kier alpha value is -1.24. The van der Waals surface area contributed by atoms with E-state index in [9.17, 15) is 4.79 Å². The first kappa shape index (κ1) is 15.6. The lowest BCUT2D eigenvalue weighted by molar-refractivity contribution is -0.123. The number of hydrogen-bond donors (Lipinski definition) is 0. The predicted molar refractivity (Wildman–Crippen MR) is 88.2 cm³/mol. The van der Waals surface area contributed by atoms with Gasteiger partial charge in [-0.3, -0.25) is 9.69 Å². The number of allylic oxidation sites excluding steroid dienone is 2. The van der Waals surface area contributed by atoms with Crippen LogP contribution in [0.4, 0.5) is 5.13 Å². The number of likely N-dealkylation sites (N-methyl/N-ethyl adjacent to an activating group) is 1. The zero-order valence-corrected chi connectivity index (χ0v) is 13.8. The lowest BCUT2D eigenvalue weighted by atomic mass is 9.93. The van der Waals surface area contributed by atoms with Gasteiger partial charge in [-0.1, -0.05) is 12.2 Å². The summed E-state index contributed by atoms with van der Waals surface area (Å²) >= 11 is 1.52. The van der Waals surface area contributed by atoms with Crippen molar-refractivity contribution in [1.82, 2.24) is 9.88 Å². The van der Waals surface area contributed by atoms with E-state index in [4.69, 9.17) is 4.74 Å². The lowest BCUT2D eigenvalue weighted by Crippen LogP contribution is -2.49. The van der Waals surface area contributed by atoms with Gasteiger partial charge in [0.05, 0.1) is 19.3 Å². The maximum absolute atomic E-state index is 12.9. The summed E-state index contributed by atoms with van der Waals surface area (Å²) in [4.78, 5) is 21.4. The minimum absolute atomic E-state index is 0.0609. The number of hydrogen-bond acceptors (Lipinski definition) is 5. The quantitative estimate of drug-likeness (QED) is 0.797. The summed E-state index contributed by atoms with van der Waals surface area (Å²) in [6.07, 6.45) is 8.87. The SMILES string of the molecule is CN1CCO[C@@H](CN(C(=O)[C@H]2CC=CCC2)c2nccs2)C1. The van der Waals surface area contributed by atoms with Gasteiger partial charge in [0.15, 0.2) is 5.13 Å². The Labute approximate surface area is 135 Å². The monoisotopic (exact) mass is 321 g/mol. The topological polar surface area (TPSA) is 45.7 Å². The van der Waals surface area contributed by atoms with Gasteiger partial charge in [0.1, 0.15) is 0 Å². The number of carbonyl (C=O) groups is 1. The van der Waals surface area contributed by atoms with Crippen LogP contribution in [0.15, 0.2) is 23.7 Å². The summed E-state index contributed by atoms with van der Waals surface area (Å²) in [5.41, 5.74) is 0. The van der Waals surface area contributed by atoms with Gasteiger partial charge in [0.2, 0.25) is 5.91 Å². The van der Waals surface area contributed by atoms with E-state index in [1.807, 2.05) is 10.3 Å². The van der Waals surface area contributed by atoms with Gasteiger partial charge >= 0.3 is 0 Å². The molecule has 0 bridgehead atoms. The molecule has 1 fully saturated rings. The maximum atomic E-state index is 12.9. The van der Waals surface area contributed by atoms with Crippen LogP contribution in [0.1, 0.15) is 19.3 Å². The summed E-state index contributed by atoms with van der Waals surface area (Å²) in [5.74, 6) is 0.270. The van der Waals surface area contributed by atoms with Crippen molar-refractivity contribution >= 4 is 22.4 Å². The second kappa shape index (κ2) is 7.35. The number of thiazole rings is 1. The molecule has 0 radical (unpaired) electrons. The molecule has 120 valence electrons. The molecule has 6 heteroatoms. The Balaban J connectivity index is 1.72. The van der Waals surface area contributed by atoms with E-state index in [-0.39, 0.29) is 17.9 Å². The summed E-state index contributed by atoms with van der Waals surface area (Å²) in [6.45, 7) is 3.14. The summed E-state index contributed by atoms with van der Waals surface area (Å²) < 4.78 is 5.84. The number of carbonyl (C=O) groups excluding carboxylic acids is 1. The number of morpholine rings is 1. The molecule has 3 rings (SSSR count). The Bertz CT molecular complexity index is 517. The average molecular weight is 321 g/mol. The molecule has 0 aromatic carbocycles. The third-order valence-electron chi connectivity index (χ3n) is 4.26. The van der Waals surface area contributed by atoms with Crippen LogP contribution in [0.25, 0.3) is 0 Å². The van der Waals surface area contributed by atoms with Gasteiger partial charge < -0.3 is 9.64 Å². The number of ether oxygens (including phenoxy) is 1. The van der Waals surface area contributed by atoms with Crippen LogP contribution in [0.2, 0.25) is 0 Å². The Kier molecular flexibility index (Phi) is 5.23. The molecule has 1 aliphatic heterocycles. The first-order valence-corrected chi connectivity index (χ1v) is 8.78. The van der Waals surface area contributed by atoms with Gasteiger partial charge in [-0.25, -0.2) is 4.98 Å². The molecule has 1 saturated heterocycles. The highest BCUT2D eigenvalue weighted by atomic mass is 32.1. The molecule has 2 aliphatic rings. The van der Waals surface area contributed by atoms with Crippen LogP contribution < -0.4 is 4.90 Å². The third kappa shape index (κ3) is 3.74. The van der Waals surface area contributed by atoms with Crippen molar-refractivity contribution in [2.45, 2.75) is 25.4 Å². The lowest BCUT2D eigenvalue weighted by Gasteiger charge is -2.34. The highest BCUT2D eigenvalue weighted by Gasteiger charge is 2.30. The smallest absolute Gasteiger partial charge is 0.232 e. The first-order chi connectivity index (χ1) is 10.7. The number of amides is 1. The minimum Gasteiger partial charge on any atom is -0.374 e. The molecule has 2 atom stereocenters. The van der Waals surface area contributed by atoms with Crippen LogP contribution in [0.3, 0.4) is 0 Å². The molecule has 0 saturated carbocycles. The third-order valence-corrected chi connectivity index (χ3v) is 5.06. The highest BCUT2D eigenvalue weighted by Crippen LogP contribution is 2.26. The zero-order chi connectivity index (χ0) is 15.4. The van der Waals surface area contributed by atoms with Gasteiger partial charge in [-0.15, -0.1) is 11.3 Å². The first-order valence-electron chi connectivity index (χ1n) is 7.90. The fourth-order valence-electron chi connectivity index (χ4n) is 3.03. The van der Waals surface area contributed by atoms with Crippen LogP contribution in [0, 0.1) is 5.92 Å². The van der Waals surface area contributed by atoms with E-state index in [1.165, 1.54) is 11.3 Å². The maximum Gasteiger partial charge on any atom is 0.232 e.